The van der Waals surface area contributed by atoms with Gasteiger partial charge in [0.2, 0.25) is 5.95 Å². The van der Waals surface area contributed by atoms with Gasteiger partial charge in [-0.3, -0.25) is 4.79 Å². The van der Waals surface area contributed by atoms with Gasteiger partial charge < -0.3 is 11.1 Å². The minimum Gasteiger partial charge on any atom is -0.365 e. The van der Waals surface area contributed by atoms with Crippen molar-refractivity contribution >= 4 is 11.9 Å². The van der Waals surface area contributed by atoms with Gasteiger partial charge in [-0.15, -0.1) is 0 Å². The average molecular weight is 330 g/mol. The summed E-state index contributed by atoms with van der Waals surface area (Å²) >= 11 is 0. The van der Waals surface area contributed by atoms with E-state index in [4.69, 9.17) is 5.73 Å². The molecule has 1 heterocycles. The second-order valence-corrected chi connectivity index (χ2v) is 8.03. The zero-order valence-corrected chi connectivity index (χ0v) is 15.0. The Balaban J connectivity index is 1.71. The zero-order chi connectivity index (χ0) is 17.2. The van der Waals surface area contributed by atoms with Crippen LogP contribution in [0.2, 0.25) is 0 Å². The molecule has 5 heteroatoms. The van der Waals surface area contributed by atoms with Crippen LogP contribution in [0.3, 0.4) is 0 Å². The van der Waals surface area contributed by atoms with E-state index in [1.54, 1.807) is 6.20 Å². The number of primary amides is 1. The first-order valence-electron chi connectivity index (χ1n) is 9.41. The van der Waals surface area contributed by atoms with Crippen LogP contribution in [0.4, 0.5) is 5.95 Å². The highest BCUT2D eigenvalue weighted by atomic mass is 16.1. The van der Waals surface area contributed by atoms with E-state index in [1.807, 2.05) is 0 Å². The maximum atomic E-state index is 11.7. The van der Waals surface area contributed by atoms with Crippen molar-refractivity contribution in [2.75, 3.05) is 5.32 Å². The topological polar surface area (TPSA) is 80.9 Å². The fourth-order valence-corrected chi connectivity index (χ4v) is 4.09. The van der Waals surface area contributed by atoms with Crippen LogP contribution in [-0.4, -0.2) is 21.9 Å². The Morgan fingerprint density at radius 2 is 2.04 bits per heavy atom. The second-order valence-electron chi connectivity index (χ2n) is 8.03. The van der Waals surface area contributed by atoms with E-state index in [1.165, 1.54) is 51.4 Å². The van der Waals surface area contributed by atoms with Gasteiger partial charge in [0.25, 0.3) is 5.91 Å². The molecule has 2 fully saturated rings. The predicted molar refractivity (Wildman–Crippen MR) is 95.9 cm³/mol. The fourth-order valence-electron chi connectivity index (χ4n) is 4.09. The van der Waals surface area contributed by atoms with Crippen molar-refractivity contribution in [3.8, 4) is 0 Å². The van der Waals surface area contributed by atoms with E-state index >= 15 is 0 Å². The number of nitrogens with one attached hydrogen (secondary N) is 1. The van der Waals surface area contributed by atoms with Crippen molar-refractivity contribution in [2.24, 2.45) is 17.1 Å². The Labute approximate surface area is 144 Å². The van der Waals surface area contributed by atoms with E-state index in [0.29, 0.717) is 17.6 Å². The molecule has 132 valence electrons. The van der Waals surface area contributed by atoms with E-state index in [2.05, 4.69) is 29.1 Å². The molecular formula is C19H30N4O. The molecule has 0 saturated heterocycles. The molecule has 0 radical (unpaired) electrons. The third-order valence-electron chi connectivity index (χ3n) is 6.05. The number of nitrogens with two attached hydrogens (primary N) is 1. The molecule has 2 aliphatic rings. The predicted octanol–water partition coefficient (Wildman–Crippen LogP) is 3.69. The lowest BCUT2D eigenvalue weighted by Gasteiger charge is -2.38. The fraction of sp³-hybridized carbons (Fsp3) is 0.737. The van der Waals surface area contributed by atoms with Gasteiger partial charge in [-0.05, 0) is 56.3 Å². The molecule has 0 unspecified atom stereocenters. The number of rotatable bonds is 6. The summed E-state index contributed by atoms with van der Waals surface area (Å²) in [5.74, 6) is 1.09. The van der Waals surface area contributed by atoms with E-state index in [0.717, 1.165) is 18.0 Å². The third-order valence-corrected chi connectivity index (χ3v) is 6.05. The number of hydrogen-bond donors (Lipinski definition) is 2. The molecule has 5 nitrogen and oxygen atoms in total. The van der Waals surface area contributed by atoms with Gasteiger partial charge in [0.15, 0.2) is 0 Å². The Kier molecular flexibility index (Phi) is 5.07. The molecule has 3 rings (SSSR count). The van der Waals surface area contributed by atoms with Gasteiger partial charge in [-0.25, -0.2) is 9.97 Å². The molecule has 0 atom stereocenters. The Bertz CT molecular complexity index is 589. The van der Waals surface area contributed by atoms with Crippen molar-refractivity contribution in [2.45, 2.75) is 77.7 Å². The standard InChI is InChI=1S/C19H30N4O/c1-3-13-5-7-14(8-6-13)22-18-21-12-15(17(20)24)16(23-18)11-19(2)9-4-10-19/h12-14H,3-11H2,1-2H3,(H2,20,24)(H,21,22,23). The Hall–Kier alpha value is -1.65. The van der Waals surface area contributed by atoms with Crippen LogP contribution in [0, 0.1) is 11.3 Å². The summed E-state index contributed by atoms with van der Waals surface area (Å²) in [4.78, 5) is 20.7. The highest BCUT2D eigenvalue weighted by molar-refractivity contribution is 5.93. The van der Waals surface area contributed by atoms with Crippen molar-refractivity contribution in [3.05, 3.63) is 17.5 Å². The summed E-state index contributed by atoms with van der Waals surface area (Å²) in [7, 11) is 0. The van der Waals surface area contributed by atoms with Gasteiger partial charge in [-0.2, -0.15) is 0 Å². The molecule has 0 spiro atoms. The van der Waals surface area contributed by atoms with Gasteiger partial charge in [0.05, 0.1) is 11.3 Å². The van der Waals surface area contributed by atoms with Crippen molar-refractivity contribution in [1.82, 2.24) is 9.97 Å². The van der Waals surface area contributed by atoms with Crippen LogP contribution >= 0.6 is 0 Å². The lowest BCUT2D eigenvalue weighted by atomic mass is 9.67. The highest BCUT2D eigenvalue weighted by Crippen LogP contribution is 2.43. The van der Waals surface area contributed by atoms with Crippen LogP contribution in [0.15, 0.2) is 6.20 Å². The first kappa shape index (κ1) is 17.2. The lowest BCUT2D eigenvalue weighted by Crippen LogP contribution is -2.31. The van der Waals surface area contributed by atoms with Crippen molar-refractivity contribution < 1.29 is 4.79 Å². The molecule has 0 aromatic carbocycles. The Morgan fingerprint density at radius 3 is 2.58 bits per heavy atom. The second kappa shape index (κ2) is 7.08. The summed E-state index contributed by atoms with van der Waals surface area (Å²) in [6, 6.07) is 0.444. The monoisotopic (exact) mass is 330 g/mol. The van der Waals surface area contributed by atoms with E-state index in [-0.39, 0.29) is 5.41 Å². The number of hydrogen-bond acceptors (Lipinski definition) is 4. The molecule has 24 heavy (non-hydrogen) atoms. The molecular weight excluding hydrogens is 300 g/mol. The number of carbonyl (C=O) groups is 1. The lowest BCUT2D eigenvalue weighted by molar-refractivity contribution is 0.0996. The minimum atomic E-state index is -0.428. The summed E-state index contributed by atoms with van der Waals surface area (Å²) in [5, 5.41) is 3.48. The Morgan fingerprint density at radius 1 is 1.33 bits per heavy atom. The van der Waals surface area contributed by atoms with Gasteiger partial charge >= 0.3 is 0 Å². The molecule has 0 bridgehead atoms. The van der Waals surface area contributed by atoms with Crippen molar-refractivity contribution in [3.63, 3.8) is 0 Å². The number of anilines is 1. The first-order valence-corrected chi connectivity index (χ1v) is 9.41. The quantitative estimate of drug-likeness (QED) is 0.833. The maximum Gasteiger partial charge on any atom is 0.252 e. The molecule has 1 aromatic rings. The maximum absolute atomic E-state index is 11.7. The van der Waals surface area contributed by atoms with Gasteiger partial charge in [-0.1, -0.05) is 26.7 Å². The molecule has 0 aliphatic heterocycles. The van der Waals surface area contributed by atoms with Crippen molar-refractivity contribution in [1.29, 1.82) is 0 Å². The number of aromatic nitrogens is 2. The highest BCUT2D eigenvalue weighted by Gasteiger charge is 2.33. The third kappa shape index (κ3) is 3.87. The van der Waals surface area contributed by atoms with Crippen LogP contribution in [-0.2, 0) is 6.42 Å². The molecule has 1 amide bonds. The molecule has 2 saturated carbocycles. The first-order chi connectivity index (χ1) is 11.5. The summed E-state index contributed by atoms with van der Waals surface area (Å²) in [6.07, 6.45) is 12.2. The SMILES string of the molecule is CCC1CCC(Nc2ncc(C(N)=O)c(CC3(C)CCC3)n2)CC1. The van der Waals surface area contributed by atoms with Crippen LogP contribution in [0.1, 0.15) is 81.3 Å². The summed E-state index contributed by atoms with van der Waals surface area (Å²) in [6.45, 7) is 4.54. The van der Waals surface area contributed by atoms with E-state index in [9.17, 15) is 4.79 Å². The van der Waals surface area contributed by atoms with Crippen LogP contribution < -0.4 is 11.1 Å². The van der Waals surface area contributed by atoms with E-state index < -0.39 is 5.91 Å². The minimum absolute atomic E-state index is 0.259. The van der Waals surface area contributed by atoms with Crippen LogP contribution in [0.5, 0.6) is 0 Å². The van der Waals surface area contributed by atoms with Crippen LogP contribution in [0.25, 0.3) is 0 Å². The summed E-state index contributed by atoms with van der Waals surface area (Å²) in [5.41, 5.74) is 7.06. The largest absolute Gasteiger partial charge is 0.365 e. The van der Waals surface area contributed by atoms with Gasteiger partial charge in [0, 0.05) is 12.2 Å². The normalized spacial score (nSPS) is 25.8. The number of carbonyl (C=O) groups excluding carboxylic acids is 1. The number of nitrogens with zero attached hydrogens (tertiary/aromatic N) is 2. The smallest absolute Gasteiger partial charge is 0.252 e. The number of amides is 1. The molecule has 2 aliphatic carbocycles. The molecule has 1 aromatic heterocycles. The van der Waals surface area contributed by atoms with Gasteiger partial charge in [0.1, 0.15) is 0 Å². The zero-order valence-electron chi connectivity index (χ0n) is 15.0. The summed E-state index contributed by atoms with van der Waals surface area (Å²) < 4.78 is 0. The molecule has 3 N–H and O–H groups in total. The average Bonchev–Trinajstić information content (AvgIpc) is 2.54.